The maximum atomic E-state index is 9.30. The quantitative estimate of drug-likeness (QED) is 0.573. The summed E-state index contributed by atoms with van der Waals surface area (Å²) in [5.41, 5.74) is -0.0838. The lowest BCUT2D eigenvalue weighted by Gasteiger charge is -2.28. The lowest BCUT2D eigenvalue weighted by molar-refractivity contribution is 0.163. The number of nitrogens with zero attached hydrogens (tertiary/aromatic N) is 1. The number of aliphatic hydroxyl groups excluding tert-OH is 1. The van der Waals surface area contributed by atoms with Crippen LogP contribution in [0.25, 0.3) is 0 Å². The van der Waals surface area contributed by atoms with E-state index in [9.17, 15) is 5.11 Å². The minimum Gasteiger partial charge on any atom is -0.394 e. The Bertz CT molecular complexity index is 153. The van der Waals surface area contributed by atoms with Crippen LogP contribution in [0.1, 0.15) is 40.0 Å². The standard InChI is InChI=1S/C12H28N2O/c1-5-13-12(3,11-15)9-7-8-10-14(4)6-2/h13,15H,5-11H2,1-4H3. The lowest BCUT2D eigenvalue weighted by atomic mass is 9.95. The summed E-state index contributed by atoms with van der Waals surface area (Å²) in [7, 11) is 2.15. The van der Waals surface area contributed by atoms with Crippen molar-refractivity contribution in [2.24, 2.45) is 0 Å². The fourth-order valence-electron chi connectivity index (χ4n) is 1.71. The Balaban J connectivity index is 3.63. The molecule has 3 heteroatoms. The highest BCUT2D eigenvalue weighted by Gasteiger charge is 2.20. The largest absolute Gasteiger partial charge is 0.394 e. The van der Waals surface area contributed by atoms with E-state index in [1.807, 2.05) is 0 Å². The normalized spacial score (nSPS) is 15.6. The van der Waals surface area contributed by atoms with Gasteiger partial charge in [0.2, 0.25) is 0 Å². The Labute approximate surface area is 94.9 Å². The van der Waals surface area contributed by atoms with Gasteiger partial charge in [-0.05, 0) is 46.4 Å². The number of rotatable bonds is 9. The second-order valence-corrected chi connectivity index (χ2v) is 4.60. The zero-order valence-corrected chi connectivity index (χ0v) is 10.8. The first kappa shape index (κ1) is 14.9. The first-order valence-electron chi connectivity index (χ1n) is 6.12. The molecule has 0 aromatic carbocycles. The molecule has 0 aromatic heterocycles. The van der Waals surface area contributed by atoms with Crippen LogP contribution in [-0.2, 0) is 0 Å². The number of hydrogen-bond donors (Lipinski definition) is 2. The molecule has 0 saturated heterocycles. The van der Waals surface area contributed by atoms with Gasteiger partial charge in [0.05, 0.1) is 6.61 Å². The van der Waals surface area contributed by atoms with Gasteiger partial charge in [0.1, 0.15) is 0 Å². The van der Waals surface area contributed by atoms with Gasteiger partial charge < -0.3 is 15.3 Å². The number of aliphatic hydroxyl groups is 1. The maximum absolute atomic E-state index is 9.30. The van der Waals surface area contributed by atoms with E-state index in [1.165, 1.54) is 12.8 Å². The fraction of sp³-hybridized carbons (Fsp3) is 1.00. The van der Waals surface area contributed by atoms with Crippen molar-refractivity contribution in [3.05, 3.63) is 0 Å². The second-order valence-electron chi connectivity index (χ2n) is 4.60. The molecular weight excluding hydrogens is 188 g/mol. The van der Waals surface area contributed by atoms with Crippen molar-refractivity contribution in [3.63, 3.8) is 0 Å². The highest BCUT2D eigenvalue weighted by Crippen LogP contribution is 2.13. The minimum atomic E-state index is -0.0838. The summed E-state index contributed by atoms with van der Waals surface area (Å²) in [6, 6.07) is 0. The monoisotopic (exact) mass is 216 g/mol. The Morgan fingerprint density at radius 3 is 2.40 bits per heavy atom. The van der Waals surface area contributed by atoms with E-state index in [2.05, 4.69) is 38.0 Å². The minimum absolute atomic E-state index is 0.0838. The third-order valence-electron chi connectivity index (χ3n) is 3.01. The van der Waals surface area contributed by atoms with E-state index in [1.54, 1.807) is 0 Å². The first-order chi connectivity index (χ1) is 7.08. The molecule has 0 rings (SSSR count). The van der Waals surface area contributed by atoms with Crippen LogP contribution in [0.5, 0.6) is 0 Å². The molecule has 0 aliphatic carbocycles. The van der Waals surface area contributed by atoms with Gasteiger partial charge >= 0.3 is 0 Å². The average molecular weight is 216 g/mol. The zero-order valence-electron chi connectivity index (χ0n) is 10.8. The van der Waals surface area contributed by atoms with E-state index < -0.39 is 0 Å². The van der Waals surface area contributed by atoms with Gasteiger partial charge in [-0.25, -0.2) is 0 Å². The summed E-state index contributed by atoms with van der Waals surface area (Å²) in [5.74, 6) is 0. The van der Waals surface area contributed by atoms with E-state index in [4.69, 9.17) is 0 Å². The van der Waals surface area contributed by atoms with E-state index in [-0.39, 0.29) is 12.1 Å². The van der Waals surface area contributed by atoms with Crippen LogP contribution in [0.15, 0.2) is 0 Å². The van der Waals surface area contributed by atoms with Crippen molar-refractivity contribution < 1.29 is 5.11 Å². The molecule has 0 fully saturated rings. The summed E-state index contributed by atoms with van der Waals surface area (Å²) >= 11 is 0. The maximum Gasteiger partial charge on any atom is 0.0610 e. The van der Waals surface area contributed by atoms with Crippen molar-refractivity contribution >= 4 is 0 Å². The van der Waals surface area contributed by atoms with Gasteiger partial charge in [-0.3, -0.25) is 0 Å². The topological polar surface area (TPSA) is 35.5 Å². The van der Waals surface area contributed by atoms with Gasteiger partial charge in [0, 0.05) is 5.54 Å². The molecule has 1 unspecified atom stereocenters. The van der Waals surface area contributed by atoms with Crippen LogP contribution in [0.4, 0.5) is 0 Å². The van der Waals surface area contributed by atoms with Crippen LogP contribution in [-0.4, -0.2) is 48.8 Å². The lowest BCUT2D eigenvalue weighted by Crippen LogP contribution is -2.45. The molecule has 0 bridgehead atoms. The molecule has 0 aliphatic heterocycles. The molecular formula is C12H28N2O. The summed E-state index contributed by atoms with van der Waals surface area (Å²) < 4.78 is 0. The molecule has 0 amide bonds. The van der Waals surface area contributed by atoms with E-state index in [0.29, 0.717) is 0 Å². The Morgan fingerprint density at radius 2 is 1.93 bits per heavy atom. The highest BCUT2D eigenvalue weighted by atomic mass is 16.3. The van der Waals surface area contributed by atoms with Crippen LogP contribution in [0, 0.1) is 0 Å². The molecule has 3 nitrogen and oxygen atoms in total. The van der Waals surface area contributed by atoms with Gasteiger partial charge in [-0.15, -0.1) is 0 Å². The molecule has 92 valence electrons. The smallest absolute Gasteiger partial charge is 0.0610 e. The Kier molecular flexibility index (Phi) is 8.02. The molecule has 0 aromatic rings. The second kappa shape index (κ2) is 8.08. The molecule has 2 N–H and O–H groups in total. The third kappa shape index (κ3) is 6.88. The molecule has 0 aliphatic rings. The van der Waals surface area contributed by atoms with Gasteiger partial charge in [0.15, 0.2) is 0 Å². The van der Waals surface area contributed by atoms with Crippen molar-refractivity contribution in [3.8, 4) is 0 Å². The third-order valence-corrected chi connectivity index (χ3v) is 3.01. The predicted molar refractivity (Wildman–Crippen MR) is 66.2 cm³/mol. The number of likely N-dealkylation sites (N-methyl/N-ethyl adjacent to an activating group) is 1. The molecule has 0 spiro atoms. The molecule has 15 heavy (non-hydrogen) atoms. The van der Waals surface area contributed by atoms with E-state index in [0.717, 1.165) is 26.1 Å². The highest BCUT2D eigenvalue weighted by molar-refractivity contribution is 4.81. The summed E-state index contributed by atoms with van der Waals surface area (Å²) in [6.07, 6.45) is 3.44. The van der Waals surface area contributed by atoms with Crippen molar-refractivity contribution in [1.29, 1.82) is 0 Å². The van der Waals surface area contributed by atoms with Gasteiger partial charge in [0.25, 0.3) is 0 Å². The van der Waals surface area contributed by atoms with Crippen LogP contribution < -0.4 is 5.32 Å². The van der Waals surface area contributed by atoms with Crippen LogP contribution >= 0.6 is 0 Å². The van der Waals surface area contributed by atoms with Crippen molar-refractivity contribution in [2.75, 3.05) is 33.3 Å². The molecule has 1 atom stereocenters. The van der Waals surface area contributed by atoms with Crippen LogP contribution in [0.2, 0.25) is 0 Å². The van der Waals surface area contributed by atoms with Gasteiger partial charge in [-0.1, -0.05) is 20.3 Å². The summed E-state index contributed by atoms with van der Waals surface area (Å²) in [6.45, 7) is 9.78. The SMILES string of the molecule is CCNC(C)(CO)CCCCN(C)CC. The number of unbranched alkanes of at least 4 members (excludes halogenated alkanes) is 1. The van der Waals surface area contributed by atoms with Crippen molar-refractivity contribution in [2.45, 2.75) is 45.6 Å². The zero-order chi connectivity index (χ0) is 11.7. The fourth-order valence-corrected chi connectivity index (χ4v) is 1.71. The number of hydrogen-bond acceptors (Lipinski definition) is 3. The molecule has 0 saturated carbocycles. The molecule has 0 radical (unpaired) electrons. The van der Waals surface area contributed by atoms with Gasteiger partial charge in [-0.2, -0.15) is 0 Å². The van der Waals surface area contributed by atoms with Crippen LogP contribution in [0.3, 0.4) is 0 Å². The number of nitrogens with one attached hydrogen (secondary N) is 1. The van der Waals surface area contributed by atoms with Crippen molar-refractivity contribution in [1.82, 2.24) is 10.2 Å². The first-order valence-corrected chi connectivity index (χ1v) is 6.12. The van der Waals surface area contributed by atoms with E-state index >= 15 is 0 Å². The molecule has 0 heterocycles. The Morgan fingerprint density at radius 1 is 1.27 bits per heavy atom. The average Bonchev–Trinajstić information content (AvgIpc) is 2.24. The predicted octanol–water partition coefficient (Wildman–Crippen LogP) is 1.47. The summed E-state index contributed by atoms with van der Waals surface area (Å²) in [5, 5.41) is 12.6. The Hall–Kier alpha value is -0.120. The summed E-state index contributed by atoms with van der Waals surface area (Å²) in [4.78, 5) is 2.32.